The normalized spacial score (nSPS) is 21.9. The van der Waals surface area contributed by atoms with E-state index in [1.54, 1.807) is 0 Å². The molecule has 0 amide bonds. The van der Waals surface area contributed by atoms with Gasteiger partial charge in [-0.05, 0) is 5.92 Å². The second kappa shape index (κ2) is 4.22. The van der Waals surface area contributed by atoms with Crippen LogP contribution in [0.25, 0.3) is 0 Å². The Hall–Kier alpha value is 0.360. The van der Waals surface area contributed by atoms with Gasteiger partial charge < -0.3 is 9.87 Å². The van der Waals surface area contributed by atoms with E-state index in [1.165, 1.54) is 0 Å². The first-order valence-corrected chi connectivity index (χ1v) is 3.80. The Morgan fingerprint density at radius 1 is 1.67 bits per heavy atom. The highest BCUT2D eigenvalue weighted by Crippen LogP contribution is 2.02. The van der Waals surface area contributed by atoms with Crippen LogP contribution in [0.1, 0.15) is 0 Å². The minimum absolute atomic E-state index is 0. The SMILES string of the molecule is Cl.O=S([O-])CC1CNC1. The summed E-state index contributed by atoms with van der Waals surface area (Å²) in [7, 11) is 0. The first kappa shape index (κ1) is 9.36. The van der Waals surface area contributed by atoms with Crippen LogP contribution in [0.5, 0.6) is 0 Å². The maximum Gasteiger partial charge on any atom is 0.0154 e. The molecule has 1 aliphatic rings. The summed E-state index contributed by atoms with van der Waals surface area (Å²) in [5.74, 6) is 0.709. The minimum atomic E-state index is -1.83. The lowest BCUT2D eigenvalue weighted by atomic mass is 10.1. The molecule has 56 valence electrons. The number of hydrogen-bond donors (Lipinski definition) is 1. The molecular formula is C4H9ClNO2S-. The van der Waals surface area contributed by atoms with Crippen LogP contribution < -0.4 is 5.32 Å². The van der Waals surface area contributed by atoms with Crippen molar-refractivity contribution in [1.29, 1.82) is 0 Å². The average molecular weight is 171 g/mol. The van der Waals surface area contributed by atoms with E-state index in [4.69, 9.17) is 0 Å². The fraction of sp³-hybridized carbons (Fsp3) is 1.00. The summed E-state index contributed by atoms with van der Waals surface area (Å²) < 4.78 is 19.9. The number of nitrogens with one attached hydrogen (secondary N) is 1. The highest BCUT2D eigenvalue weighted by Gasteiger charge is 2.15. The third kappa shape index (κ3) is 3.15. The summed E-state index contributed by atoms with van der Waals surface area (Å²) >= 11 is -1.83. The lowest BCUT2D eigenvalue weighted by molar-refractivity contribution is 0.375. The molecule has 1 aliphatic heterocycles. The maximum absolute atomic E-state index is 9.97. The van der Waals surface area contributed by atoms with Crippen molar-refractivity contribution in [2.45, 2.75) is 0 Å². The molecule has 1 unspecified atom stereocenters. The van der Waals surface area contributed by atoms with Crippen molar-refractivity contribution in [2.24, 2.45) is 5.92 Å². The fourth-order valence-corrected chi connectivity index (χ4v) is 1.28. The number of rotatable bonds is 2. The molecule has 1 N–H and O–H groups in total. The third-order valence-electron chi connectivity index (χ3n) is 1.24. The van der Waals surface area contributed by atoms with E-state index in [-0.39, 0.29) is 12.4 Å². The van der Waals surface area contributed by atoms with Crippen molar-refractivity contribution >= 4 is 23.5 Å². The van der Waals surface area contributed by atoms with Crippen LogP contribution in [0.3, 0.4) is 0 Å². The van der Waals surface area contributed by atoms with Crippen LogP contribution in [0.4, 0.5) is 0 Å². The van der Waals surface area contributed by atoms with E-state index in [0.29, 0.717) is 11.7 Å². The van der Waals surface area contributed by atoms with Crippen LogP contribution in [-0.4, -0.2) is 27.6 Å². The lowest BCUT2D eigenvalue weighted by Gasteiger charge is -2.27. The zero-order valence-electron chi connectivity index (χ0n) is 4.83. The molecule has 0 aromatic heterocycles. The topological polar surface area (TPSA) is 52.2 Å². The second-order valence-electron chi connectivity index (χ2n) is 1.99. The van der Waals surface area contributed by atoms with Crippen molar-refractivity contribution < 1.29 is 8.76 Å². The Morgan fingerprint density at radius 2 is 2.22 bits per heavy atom. The van der Waals surface area contributed by atoms with Gasteiger partial charge in [0.1, 0.15) is 0 Å². The van der Waals surface area contributed by atoms with Gasteiger partial charge in [0.2, 0.25) is 0 Å². The number of halogens is 1. The van der Waals surface area contributed by atoms with Gasteiger partial charge in [-0.15, -0.1) is 12.4 Å². The standard InChI is InChI=1S/C4H9NO2S.ClH/c6-8(7)3-4-1-5-2-4;/h4-5H,1-3H2,(H,6,7);1H/p-1. The molecule has 0 saturated carbocycles. The maximum atomic E-state index is 9.97. The molecule has 0 bridgehead atoms. The zero-order valence-corrected chi connectivity index (χ0v) is 6.46. The summed E-state index contributed by atoms with van der Waals surface area (Å²) in [6.07, 6.45) is 0. The Bertz CT molecular complexity index is 107. The molecule has 9 heavy (non-hydrogen) atoms. The van der Waals surface area contributed by atoms with Crippen LogP contribution in [0.2, 0.25) is 0 Å². The zero-order chi connectivity index (χ0) is 5.98. The van der Waals surface area contributed by atoms with Crippen molar-refractivity contribution in [1.82, 2.24) is 5.32 Å². The van der Waals surface area contributed by atoms with E-state index in [1.807, 2.05) is 0 Å². The predicted octanol–water partition coefficient (Wildman–Crippen LogP) is -0.493. The summed E-state index contributed by atoms with van der Waals surface area (Å²) in [6.45, 7) is 1.74. The first-order valence-electron chi connectivity index (χ1n) is 2.55. The van der Waals surface area contributed by atoms with Crippen LogP contribution in [0.15, 0.2) is 0 Å². The molecule has 0 aromatic carbocycles. The van der Waals surface area contributed by atoms with E-state index >= 15 is 0 Å². The van der Waals surface area contributed by atoms with Crippen LogP contribution >= 0.6 is 12.4 Å². The molecule has 0 radical (unpaired) electrons. The fourth-order valence-electron chi connectivity index (χ4n) is 0.659. The number of hydrogen-bond acceptors (Lipinski definition) is 3. The molecule has 1 saturated heterocycles. The van der Waals surface area contributed by atoms with Gasteiger partial charge in [0, 0.05) is 18.8 Å². The van der Waals surface area contributed by atoms with E-state index in [0.717, 1.165) is 13.1 Å². The van der Waals surface area contributed by atoms with Gasteiger partial charge >= 0.3 is 0 Å². The molecule has 1 atom stereocenters. The molecule has 1 rings (SSSR count). The quantitative estimate of drug-likeness (QED) is 0.569. The van der Waals surface area contributed by atoms with Gasteiger partial charge in [-0.1, -0.05) is 11.1 Å². The Morgan fingerprint density at radius 3 is 2.33 bits per heavy atom. The monoisotopic (exact) mass is 170 g/mol. The van der Waals surface area contributed by atoms with Crippen molar-refractivity contribution in [3.8, 4) is 0 Å². The summed E-state index contributed by atoms with van der Waals surface area (Å²) in [4.78, 5) is 0. The summed E-state index contributed by atoms with van der Waals surface area (Å²) in [5.41, 5.74) is 0. The van der Waals surface area contributed by atoms with Gasteiger partial charge in [-0.3, -0.25) is 4.21 Å². The van der Waals surface area contributed by atoms with Crippen LogP contribution in [0, 0.1) is 5.92 Å². The molecule has 1 fully saturated rings. The smallest absolute Gasteiger partial charge is 0.0154 e. The van der Waals surface area contributed by atoms with E-state index in [9.17, 15) is 8.76 Å². The van der Waals surface area contributed by atoms with Crippen molar-refractivity contribution in [3.05, 3.63) is 0 Å². The lowest BCUT2D eigenvalue weighted by Crippen LogP contribution is -2.44. The molecule has 0 spiro atoms. The largest absolute Gasteiger partial charge is 0.772 e. The summed E-state index contributed by atoms with van der Waals surface area (Å²) in [5, 5.41) is 2.99. The molecular weight excluding hydrogens is 162 g/mol. The molecule has 0 aliphatic carbocycles. The van der Waals surface area contributed by atoms with Gasteiger partial charge in [0.15, 0.2) is 0 Å². The first-order chi connectivity index (χ1) is 3.79. The van der Waals surface area contributed by atoms with Gasteiger partial charge in [0.05, 0.1) is 0 Å². The average Bonchev–Trinajstić information content (AvgIpc) is 1.55. The summed E-state index contributed by atoms with van der Waals surface area (Å²) in [6, 6.07) is 0. The molecule has 0 aromatic rings. The Balaban J connectivity index is 0.000000640. The van der Waals surface area contributed by atoms with Crippen molar-refractivity contribution in [2.75, 3.05) is 18.8 Å². The van der Waals surface area contributed by atoms with Gasteiger partial charge in [-0.25, -0.2) is 0 Å². The minimum Gasteiger partial charge on any atom is -0.772 e. The highest BCUT2D eigenvalue weighted by atomic mass is 35.5. The molecule has 1 heterocycles. The van der Waals surface area contributed by atoms with Gasteiger partial charge in [-0.2, -0.15) is 0 Å². The van der Waals surface area contributed by atoms with Crippen LogP contribution in [-0.2, 0) is 11.1 Å². The van der Waals surface area contributed by atoms with E-state index in [2.05, 4.69) is 5.32 Å². The second-order valence-corrected chi connectivity index (χ2v) is 2.94. The predicted molar refractivity (Wildman–Crippen MR) is 37.4 cm³/mol. The molecule has 5 heteroatoms. The molecule has 3 nitrogen and oxygen atoms in total. The third-order valence-corrected chi connectivity index (χ3v) is 1.98. The van der Waals surface area contributed by atoms with Gasteiger partial charge in [0.25, 0.3) is 0 Å². The Kier molecular flexibility index (Phi) is 4.39. The highest BCUT2D eigenvalue weighted by molar-refractivity contribution is 7.79. The van der Waals surface area contributed by atoms with E-state index < -0.39 is 11.1 Å². The van der Waals surface area contributed by atoms with Crippen molar-refractivity contribution in [3.63, 3.8) is 0 Å². The Labute approximate surface area is 62.9 Å².